The van der Waals surface area contributed by atoms with Crippen molar-refractivity contribution in [1.29, 1.82) is 0 Å². The Morgan fingerprint density at radius 1 is 1.56 bits per heavy atom. The highest BCUT2D eigenvalue weighted by Crippen LogP contribution is 2.08. The molecule has 94 valence electrons. The Kier molecular flexibility index (Phi) is 5.95. The average molecular weight is 269 g/mol. The van der Waals surface area contributed by atoms with Crippen molar-refractivity contribution in [2.45, 2.75) is 25.4 Å². The van der Waals surface area contributed by atoms with E-state index in [1.54, 1.807) is 11.5 Å². The summed E-state index contributed by atoms with van der Waals surface area (Å²) in [5, 5.41) is 0.0512. The van der Waals surface area contributed by atoms with Crippen molar-refractivity contribution in [1.82, 2.24) is 14.3 Å². The van der Waals surface area contributed by atoms with Gasteiger partial charge in [0.15, 0.2) is 5.03 Å². The molecule has 6 nitrogen and oxygen atoms in total. The van der Waals surface area contributed by atoms with E-state index in [1.165, 1.54) is 6.20 Å². The number of halogens is 1. The molecule has 0 radical (unpaired) electrons. The van der Waals surface area contributed by atoms with Gasteiger partial charge in [-0.25, -0.2) is 18.1 Å². The second kappa shape index (κ2) is 6.19. The third kappa shape index (κ3) is 3.44. The summed E-state index contributed by atoms with van der Waals surface area (Å²) in [4.78, 5) is 3.98. The summed E-state index contributed by atoms with van der Waals surface area (Å²) in [6.07, 6.45) is 1.52. The van der Waals surface area contributed by atoms with Gasteiger partial charge in [-0.1, -0.05) is 0 Å². The minimum Gasteiger partial charge on any atom is -0.334 e. The Hall–Kier alpha value is -0.630. The molecule has 1 heterocycles. The molecule has 0 amide bonds. The molecule has 1 rings (SSSR count). The molecule has 8 heteroatoms. The van der Waals surface area contributed by atoms with E-state index in [0.717, 1.165) is 0 Å². The maximum Gasteiger partial charge on any atom is 0.259 e. The Balaban J connectivity index is 0.00000225. The lowest BCUT2D eigenvalue weighted by molar-refractivity contribution is 0.578. The van der Waals surface area contributed by atoms with E-state index in [0.29, 0.717) is 12.4 Å². The highest BCUT2D eigenvalue weighted by atomic mass is 35.5. The van der Waals surface area contributed by atoms with Crippen LogP contribution in [0, 0.1) is 6.92 Å². The summed E-state index contributed by atoms with van der Waals surface area (Å²) in [5.74, 6) is 0.686. The van der Waals surface area contributed by atoms with Crippen molar-refractivity contribution in [3.63, 3.8) is 0 Å². The van der Waals surface area contributed by atoms with E-state index in [1.807, 2.05) is 6.92 Å². The maximum absolute atomic E-state index is 11.6. The van der Waals surface area contributed by atoms with Crippen LogP contribution in [0.2, 0.25) is 0 Å². The van der Waals surface area contributed by atoms with Crippen molar-refractivity contribution in [2.24, 2.45) is 5.73 Å². The van der Waals surface area contributed by atoms with Crippen molar-refractivity contribution in [3.05, 3.63) is 12.0 Å². The number of nitrogens with zero attached hydrogens (tertiary/aromatic N) is 2. The third-order valence-corrected chi connectivity index (χ3v) is 3.34. The van der Waals surface area contributed by atoms with E-state index in [-0.39, 0.29) is 30.5 Å². The first-order valence-electron chi connectivity index (χ1n) is 4.74. The number of hydrogen-bond donors (Lipinski definition) is 2. The van der Waals surface area contributed by atoms with Gasteiger partial charge in [0.25, 0.3) is 10.0 Å². The Morgan fingerprint density at radius 3 is 2.62 bits per heavy atom. The smallest absolute Gasteiger partial charge is 0.259 e. The number of rotatable bonds is 5. The second-order valence-electron chi connectivity index (χ2n) is 3.10. The van der Waals surface area contributed by atoms with Gasteiger partial charge in [-0.2, -0.15) is 0 Å². The van der Waals surface area contributed by atoms with E-state index in [9.17, 15) is 8.42 Å². The SMILES string of the molecule is CCn1cc(S(=O)(=O)NCCN)nc1C.Cl. The molecule has 0 aliphatic rings. The summed E-state index contributed by atoms with van der Waals surface area (Å²) in [6, 6.07) is 0. The zero-order valence-electron chi connectivity index (χ0n) is 9.30. The quantitative estimate of drug-likeness (QED) is 0.778. The fourth-order valence-corrected chi connectivity index (χ4v) is 2.25. The Bertz CT molecular complexity index is 429. The Morgan fingerprint density at radius 2 is 2.19 bits per heavy atom. The summed E-state index contributed by atoms with van der Waals surface area (Å²) < 4.78 is 27.4. The fraction of sp³-hybridized carbons (Fsp3) is 0.625. The van der Waals surface area contributed by atoms with Gasteiger partial charge in [0.1, 0.15) is 5.82 Å². The molecule has 0 bridgehead atoms. The normalized spacial score (nSPS) is 11.2. The molecule has 0 saturated carbocycles. The number of sulfonamides is 1. The van der Waals surface area contributed by atoms with Crippen LogP contribution >= 0.6 is 12.4 Å². The van der Waals surface area contributed by atoms with Gasteiger partial charge in [-0.3, -0.25) is 0 Å². The number of imidazole rings is 1. The zero-order chi connectivity index (χ0) is 11.5. The van der Waals surface area contributed by atoms with Gasteiger partial charge in [0, 0.05) is 25.8 Å². The first-order chi connectivity index (χ1) is 7.01. The minimum atomic E-state index is -3.50. The monoisotopic (exact) mass is 268 g/mol. The molecule has 0 fully saturated rings. The molecular formula is C8H17ClN4O2S. The van der Waals surface area contributed by atoms with Crippen molar-refractivity contribution in [3.8, 4) is 0 Å². The predicted molar refractivity (Wildman–Crippen MR) is 64.1 cm³/mol. The maximum atomic E-state index is 11.6. The topological polar surface area (TPSA) is 90.0 Å². The molecule has 0 unspecified atom stereocenters. The predicted octanol–water partition coefficient (Wildman–Crippen LogP) is -0.130. The lowest BCUT2D eigenvalue weighted by Crippen LogP contribution is -2.29. The Labute approximate surface area is 102 Å². The molecule has 1 aromatic rings. The second-order valence-corrected chi connectivity index (χ2v) is 4.81. The molecule has 0 aliphatic carbocycles. The number of aryl methyl sites for hydroxylation is 2. The summed E-state index contributed by atoms with van der Waals surface area (Å²) in [7, 11) is -3.50. The number of nitrogens with one attached hydrogen (secondary N) is 1. The van der Waals surface area contributed by atoms with Crippen LogP contribution in [-0.2, 0) is 16.6 Å². The first-order valence-corrected chi connectivity index (χ1v) is 6.23. The average Bonchev–Trinajstić information content (AvgIpc) is 2.57. The van der Waals surface area contributed by atoms with Crippen LogP contribution in [0.25, 0.3) is 0 Å². The van der Waals surface area contributed by atoms with Crippen LogP contribution in [0.1, 0.15) is 12.7 Å². The molecule has 0 atom stereocenters. The van der Waals surface area contributed by atoms with Gasteiger partial charge < -0.3 is 10.3 Å². The first kappa shape index (κ1) is 15.4. The molecule has 16 heavy (non-hydrogen) atoms. The van der Waals surface area contributed by atoms with Crippen LogP contribution in [0.5, 0.6) is 0 Å². The summed E-state index contributed by atoms with van der Waals surface area (Å²) >= 11 is 0. The molecule has 1 aromatic heterocycles. The van der Waals surface area contributed by atoms with E-state index in [4.69, 9.17) is 5.73 Å². The molecular weight excluding hydrogens is 252 g/mol. The van der Waals surface area contributed by atoms with E-state index in [2.05, 4.69) is 9.71 Å². The van der Waals surface area contributed by atoms with Crippen LogP contribution in [0.3, 0.4) is 0 Å². The zero-order valence-corrected chi connectivity index (χ0v) is 10.9. The van der Waals surface area contributed by atoms with Crippen LogP contribution < -0.4 is 10.5 Å². The molecule has 0 aliphatic heterocycles. The van der Waals surface area contributed by atoms with E-state index >= 15 is 0 Å². The van der Waals surface area contributed by atoms with Gasteiger partial charge in [0.2, 0.25) is 0 Å². The van der Waals surface area contributed by atoms with Gasteiger partial charge >= 0.3 is 0 Å². The van der Waals surface area contributed by atoms with E-state index < -0.39 is 10.0 Å². The summed E-state index contributed by atoms with van der Waals surface area (Å²) in [5.41, 5.74) is 5.22. The minimum absolute atomic E-state index is 0. The fourth-order valence-electron chi connectivity index (χ4n) is 1.20. The molecule has 0 aromatic carbocycles. The van der Waals surface area contributed by atoms with Crippen molar-refractivity contribution in [2.75, 3.05) is 13.1 Å². The highest BCUT2D eigenvalue weighted by Gasteiger charge is 2.17. The van der Waals surface area contributed by atoms with Crippen molar-refractivity contribution >= 4 is 22.4 Å². The number of nitrogens with two attached hydrogens (primary N) is 1. The third-order valence-electron chi connectivity index (χ3n) is 2.01. The van der Waals surface area contributed by atoms with Gasteiger partial charge in [-0.05, 0) is 13.8 Å². The lowest BCUT2D eigenvalue weighted by atomic mass is 10.6. The molecule has 0 saturated heterocycles. The van der Waals surface area contributed by atoms with Crippen molar-refractivity contribution < 1.29 is 8.42 Å². The van der Waals surface area contributed by atoms with Gasteiger partial charge in [0.05, 0.1) is 0 Å². The summed E-state index contributed by atoms with van der Waals surface area (Å²) in [6.45, 7) is 4.89. The highest BCUT2D eigenvalue weighted by molar-refractivity contribution is 7.89. The number of hydrogen-bond acceptors (Lipinski definition) is 4. The number of aromatic nitrogens is 2. The molecule has 0 spiro atoms. The van der Waals surface area contributed by atoms with Gasteiger partial charge in [-0.15, -0.1) is 12.4 Å². The van der Waals surface area contributed by atoms with Crippen LogP contribution in [0.15, 0.2) is 11.2 Å². The standard InChI is InChI=1S/C8H16N4O2S.ClH/c1-3-12-6-8(11-7(12)2)15(13,14)10-5-4-9;/h6,10H,3-5,9H2,1-2H3;1H. The largest absolute Gasteiger partial charge is 0.334 e. The molecule has 3 N–H and O–H groups in total. The lowest BCUT2D eigenvalue weighted by Gasteiger charge is -2.00. The van der Waals surface area contributed by atoms with Crippen LogP contribution in [0.4, 0.5) is 0 Å². The van der Waals surface area contributed by atoms with Crippen LogP contribution in [-0.4, -0.2) is 31.1 Å².